The molecule has 1 aromatic carbocycles. The van der Waals surface area contributed by atoms with Crippen LogP contribution in [0, 0.1) is 0 Å². The average molecular weight is 237 g/mol. The molecule has 1 fully saturated rings. The maximum absolute atomic E-state index is 5.59. The molecular weight excluding hydrogens is 226 g/mol. The van der Waals surface area contributed by atoms with Crippen molar-refractivity contribution in [2.24, 2.45) is 0 Å². The summed E-state index contributed by atoms with van der Waals surface area (Å²) >= 11 is 1.42. The van der Waals surface area contributed by atoms with Crippen molar-refractivity contribution in [2.45, 2.75) is 6.10 Å². The SMILES string of the molecule is COc1nsc2cc(OCC3CO3)ccc12. The first-order chi connectivity index (χ1) is 7.86. The lowest BCUT2D eigenvalue weighted by Crippen LogP contribution is -2.03. The number of hydrogen-bond donors (Lipinski definition) is 0. The quantitative estimate of drug-likeness (QED) is 0.764. The minimum atomic E-state index is 0.284. The maximum atomic E-state index is 5.59. The Morgan fingerprint density at radius 3 is 3.19 bits per heavy atom. The number of methoxy groups -OCH3 is 1. The number of epoxide rings is 1. The van der Waals surface area contributed by atoms with Crippen molar-refractivity contribution in [1.29, 1.82) is 0 Å². The van der Waals surface area contributed by atoms with Gasteiger partial charge in [0.15, 0.2) is 0 Å². The first-order valence-electron chi connectivity index (χ1n) is 5.04. The number of benzene rings is 1. The zero-order valence-corrected chi connectivity index (χ0v) is 9.62. The molecule has 0 spiro atoms. The molecule has 1 saturated heterocycles. The third-order valence-electron chi connectivity index (χ3n) is 2.44. The van der Waals surface area contributed by atoms with Gasteiger partial charge in [-0.1, -0.05) is 0 Å². The molecule has 0 bridgehead atoms. The summed E-state index contributed by atoms with van der Waals surface area (Å²) in [6.07, 6.45) is 0.284. The van der Waals surface area contributed by atoms with Gasteiger partial charge in [0.25, 0.3) is 0 Å². The zero-order chi connectivity index (χ0) is 11.0. The molecule has 0 aliphatic carbocycles. The fraction of sp³-hybridized carbons (Fsp3) is 0.364. The highest BCUT2D eigenvalue weighted by Crippen LogP contribution is 2.31. The molecule has 0 saturated carbocycles. The molecular formula is C11H11NO3S. The van der Waals surface area contributed by atoms with E-state index in [1.165, 1.54) is 11.5 Å². The van der Waals surface area contributed by atoms with Crippen LogP contribution < -0.4 is 9.47 Å². The van der Waals surface area contributed by atoms with Crippen molar-refractivity contribution in [3.63, 3.8) is 0 Å². The van der Waals surface area contributed by atoms with Crippen LogP contribution in [0.4, 0.5) is 0 Å². The van der Waals surface area contributed by atoms with Gasteiger partial charge in [-0.25, -0.2) is 0 Å². The lowest BCUT2D eigenvalue weighted by atomic mass is 10.2. The summed E-state index contributed by atoms with van der Waals surface area (Å²) in [5.74, 6) is 1.53. The van der Waals surface area contributed by atoms with Crippen LogP contribution in [0.5, 0.6) is 11.6 Å². The number of ether oxygens (including phenoxy) is 3. The molecule has 2 heterocycles. The topological polar surface area (TPSA) is 43.9 Å². The van der Waals surface area contributed by atoms with Gasteiger partial charge in [0, 0.05) is 0 Å². The van der Waals surface area contributed by atoms with Crippen LogP contribution in [0.3, 0.4) is 0 Å². The fourth-order valence-corrected chi connectivity index (χ4v) is 2.26. The first-order valence-corrected chi connectivity index (χ1v) is 5.82. The van der Waals surface area contributed by atoms with Crippen molar-refractivity contribution in [2.75, 3.05) is 20.3 Å². The molecule has 0 radical (unpaired) electrons. The summed E-state index contributed by atoms with van der Waals surface area (Å²) < 4.78 is 21.1. The number of hydrogen-bond acceptors (Lipinski definition) is 5. The summed E-state index contributed by atoms with van der Waals surface area (Å²) in [5.41, 5.74) is 0. The number of aromatic nitrogens is 1. The van der Waals surface area contributed by atoms with Gasteiger partial charge in [-0.05, 0) is 29.7 Å². The fourth-order valence-electron chi connectivity index (χ4n) is 1.49. The molecule has 1 aliphatic heterocycles. The Bertz CT molecular complexity index is 507. The second kappa shape index (κ2) is 3.92. The normalized spacial score (nSPS) is 18.7. The molecule has 4 nitrogen and oxygen atoms in total. The van der Waals surface area contributed by atoms with Gasteiger partial charge < -0.3 is 14.2 Å². The molecule has 1 aliphatic rings. The second-order valence-corrected chi connectivity index (χ2v) is 4.42. The van der Waals surface area contributed by atoms with Crippen molar-refractivity contribution >= 4 is 21.6 Å². The van der Waals surface area contributed by atoms with E-state index in [-0.39, 0.29) is 6.10 Å². The molecule has 1 unspecified atom stereocenters. The first kappa shape index (κ1) is 9.86. The van der Waals surface area contributed by atoms with Crippen LogP contribution in [0.15, 0.2) is 18.2 Å². The molecule has 84 valence electrons. The van der Waals surface area contributed by atoms with E-state index < -0.39 is 0 Å². The van der Waals surface area contributed by atoms with E-state index in [9.17, 15) is 0 Å². The summed E-state index contributed by atoms with van der Waals surface area (Å²) in [7, 11) is 1.63. The van der Waals surface area contributed by atoms with Gasteiger partial charge in [-0.15, -0.1) is 0 Å². The Hall–Kier alpha value is -1.33. The van der Waals surface area contributed by atoms with Crippen LogP contribution in [0.25, 0.3) is 10.1 Å². The molecule has 0 amide bonds. The smallest absolute Gasteiger partial charge is 0.232 e. The van der Waals surface area contributed by atoms with Gasteiger partial charge in [-0.2, -0.15) is 4.37 Å². The Kier molecular flexibility index (Phi) is 2.41. The Morgan fingerprint density at radius 2 is 2.44 bits per heavy atom. The molecule has 1 aromatic heterocycles. The van der Waals surface area contributed by atoms with Gasteiger partial charge in [0.1, 0.15) is 18.5 Å². The monoisotopic (exact) mass is 237 g/mol. The summed E-state index contributed by atoms with van der Waals surface area (Å²) in [5, 5.41) is 1.03. The molecule has 5 heteroatoms. The van der Waals surface area contributed by atoms with Gasteiger partial charge >= 0.3 is 0 Å². The van der Waals surface area contributed by atoms with Crippen molar-refractivity contribution < 1.29 is 14.2 Å². The standard InChI is InChI=1S/C11H11NO3S/c1-13-11-9-3-2-7(4-10(9)16-12-11)14-5-8-6-15-8/h2-4,8H,5-6H2,1H3. The Balaban J connectivity index is 1.84. The van der Waals surface area contributed by atoms with Crippen molar-refractivity contribution in [3.05, 3.63) is 18.2 Å². The third-order valence-corrected chi connectivity index (χ3v) is 3.23. The van der Waals surface area contributed by atoms with Crippen LogP contribution in [0.1, 0.15) is 0 Å². The highest BCUT2D eigenvalue weighted by Gasteiger charge is 2.23. The van der Waals surface area contributed by atoms with E-state index in [0.29, 0.717) is 12.5 Å². The van der Waals surface area contributed by atoms with Gasteiger partial charge in [0.2, 0.25) is 5.88 Å². The van der Waals surface area contributed by atoms with Gasteiger partial charge in [-0.3, -0.25) is 0 Å². The zero-order valence-electron chi connectivity index (χ0n) is 8.80. The van der Waals surface area contributed by atoms with Crippen LogP contribution in [-0.2, 0) is 4.74 Å². The number of rotatable bonds is 4. The van der Waals surface area contributed by atoms with E-state index in [0.717, 1.165) is 22.4 Å². The van der Waals surface area contributed by atoms with Crippen LogP contribution in [-0.4, -0.2) is 30.8 Å². The Labute approximate surface area is 96.9 Å². The van der Waals surface area contributed by atoms with Crippen LogP contribution >= 0.6 is 11.5 Å². The maximum Gasteiger partial charge on any atom is 0.232 e. The van der Waals surface area contributed by atoms with E-state index in [1.54, 1.807) is 7.11 Å². The summed E-state index contributed by atoms with van der Waals surface area (Å²) in [6, 6.07) is 5.89. The lowest BCUT2D eigenvalue weighted by Gasteiger charge is -2.03. The molecule has 2 aromatic rings. The van der Waals surface area contributed by atoms with Crippen molar-refractivity contribution in [1.82, 2.24) is 4.37 Å². The molecule has 3 rings (SSSR count). The minimum absolute atomic E-state index is 0.284. The van der Waals surface area contributed by atoms with E-state index in [4.69, 9.17) is 14.2 Å². The molecule has 1 atom stereocenters. The number of fused-ring (bicyclic) bond motifs is 1. The summed E-state index contributed by atoms with van der Waals surface area (Å²) in [6.45, 7) is 1.44. The average Bonchev–Trinajstić information content (AvgIpc) is 3.05. The van der Waals surface area contributed by atoms with E-state index >= 15 is 0 Å². The minimum Gasteiger partial charge on any atom is -0.491 e. The highest BCUT2D eigenvalue weighted by molar-refractivity contribution is 7.13. The van der Waals surface area contributed by atoms with Crippen LogP contribution in [0.2, 0.25) is 0 Å². The lowest BCUT2D eigenvalue weighted by molar-refractivity contribution is 0.263. The van der Waals surface area contributed by atoms with Gasteiger partial charge in [0.05, 0.1) is 23.8 Å². The predicted molar refractivity (Wildman–Crippen MR) is 61.4 cm³/mol. The van der Waals surface area contributed by atoms with E-state index in [1.807, 2.05) is 18.2 Å². The Morgan fingerprint density at radius 1 is 1.56 bits per heavy atom. The third kappa shape index (κ3) is 1.83. The largest absolute Gasteiger partial charge is 0.491 e. The van der Waals surface area contributed by atoms with Crippen molar-refractivity contribution in [3.8, 4) is 11.6 Å². The number of nitrogens with zero attached hydrogens (tertiary/aromatic N) is 1. The predicted octanol–water partition coefficient (Wildman–Crippen LogP) is 2.08. The van der Waals surface area contributed by atoms with E-state index in [2.05, 4.69) is 4.37 Å². The molecule has 16 heavy (non-hydrogen) atoms. The summed E-state index contributed by atoms with van der Waals surface area (Å²) in [4.78, 5) is 0. The second-order valence-electron chi connectivity index (χ2n) is 3.62. The highest BCUT2D eigenvalue weighted by atomic mass is 32.1. The molecule has 0 N–H and O–H groups in total.